The van der Waals surface area contributed by atoms with Crippen molar-refractivity contribution in [3.8, 4) is 28.3 Å². The van der Waals surface area contributed by atoms with Crippen molar-refractivity contribution in [1.82, 2.24) is 10.1 Å². The van der Waals surface area contributed by atoms with E-state index in [-0.39, 0.29) is 0 Å². The number of aromatic nitrogens is 2. The molecule has 1 aliphatic heterocycles. The predicted molar refractivity (Wildman–Crippen MR) is 138 cm³/mol. The van der Waals surface area contributed by atoms with Crippen molar-refractivity contribution in [2.75, 3.05) is 31.2 Å². The number of benzene rings is 3. The molecule has 9 heteroatoms. The number of nitrogens with zero attached hydrogens (tertiary/aromatic N) is 3. The van der Waals surface area contributed by atoms with Crippen LogP contribution in [0.4, 0.5) is 5.69 Å². The van der Waals surface area contributed by atoms with Crippen LogP contribution in [0, 0.1) is 13.8 Å². The molecule has 0 unspecified atom stereocenters. The Labute approximate surface area is 213 Å². The molecule has 4 aromatic rings. The Kier molecular flexibility index (Phi) is 6.70. The first-order valence-electron chi connectivity index (χ1n) is 11.9. The van der Waals surface area contributed by atoms with E-state index in [1.807, 2.05) is 48.2 Å². The highest BCUT2D eigenvalue weighted by atomic mass is 16.5. The number of nitrogens with two attached hydrogens (primary N) is 1. The first-order chi connectivity index (χ1) is 17.9. The molecular weight excluding hydrogens is 472 g/mol. The second kappa shape index (κ2) is 10.2. The second-order valence-corrected chi connectivity index (χ2v) is 8.79. The summed E-state index contributed by atoms with van der Waals surface area (Å²) in [4.78, 5) is 31.3. The van der Waals surface area contributed by atoms with E-state index in [0.717, 1.165) is 22.3 Å². The van der Waals surface area contributed by atoms with Crippen LogP contribution in [-0.2, 0) is 4.74 Å². The lowest BCUT2D eigenvalue weighted by Gasteiger charge is -2.30. The molecule has 5 rings (SSSR count). The Bertz CT molecular complexity index is 1460. The van der Waals surface area contributed by atoms with Crippen molar-refractivity contribution in [1.29, 1.82) is 0 Å². The normalized spacial score (nSPS) is 13.4. The van der Waals surface area contributed by atoms with E-state index in [1.165, 1.54) is 0 Å². The number of aryl methyl sites for hydroxylation is 2. The maximum absolute atomic E-state index is 13.2. The quantitative estimate of drug-likeness (QED) is 0.311. The number of esters is 1. The molecule has 0 aliphatic carbocycles. The van der Waals surface area contributed by atoms with Crippen molar-refractivity contribution >= 4 is 17.6 Å². The summed E-state index contributed by atoms with van der Waals surface area (Å²) >= 11 is 0. The summed E-state index contributed by atoms with van der Waals surface area (Å²) in [5, 5.41) is 3.83. The summed E-state index contributed by atoms with van der Waals surface area (Å²) in [6.45, 7) is 6.06. The van der Waals surface area contributed by atoms with Gasteiger partial charge in [-0.1, -0.05) is 23.4 Å². The smallest absolute Gasteiger partial charge is 0.343 e. The maximum Gasteiger partial charge on any atom is 0.343 e. The van der Waals surface area contributed by atoms with E-state index in [9.17, 15) is 9.59 Å². The van der Waals surface area contributed by atoms with Crippen LogP contribution in [0.5, 0.6) is 5.75 Å². The van der Waals surface area contributed by atoms with Gasteiger partial charge in [-0.05, 0) is 73.0 Å². The van der Waals surface area contributed by atoms with Crippen LogP contribution in [0.15, 0.2) is 65.2 Å². The highest BCUT2D eigenvalue weighted by Crippen LogP contribution is 2.32. The topological polar surface area (TPSA) is 121 Å². The number of morpholine rings is 1. The number of anilines is 1. The summed E-state index contributed by atoms with van der Waals surface area (Å²) in [5.41, 5.74) is 10.5. The lowest BCUT2D eigenvalue weighted by Crippen LogP contribution is -2.36. The van der Waals surface area contributed by atoms with Crippen molar-refractivity contribution in [3.05, 3.63) is 83.2 Å². The zero-order chi connectivity index (χ0) is 25.9. The molecule has 0 radical (unpaired) electrons. The summed E-state index contributed by atoms with van der Waals surface area (Å²) < 4.78 is 16.5. The molecule has 37 heavy (non-hydrogen) atoms. The monoisotopic (exact) mass is 498 g/mol. The molecule has 1 amide bonds. The molecule has 9 nitrogen and oxygen atoms in total. The third-order valence-corrected chi connectivity index (χ3v) is 6.24. The molecule has 1 aromatic heterocycles. The molecule has 1 fully saturated rings. The van der Waals surface area contributed by atoms with Gasteiger partial charge < -0.3 is 24.6 Å². The molecule has 0 spiro atoms. The minimum Gasteiger partial charge on any atom is -0.421 e. The Morgan fingerprint density at radius 1 is 0.919 bits per heavy atom. The molecule has 2 N–H and O–H groups in total. The highest BCUT2D eigenvalue weighted by molar-refractivity contribution is 5.96. The van der Waals surface area contributed by atoms with Crippen LogP contribution >= 0.6 is 0 Å². The standard InChI is InChI=1S/C28H26N4O5/c1-17-3-4-22(15-23(17)19-5-7-20(8-6-19)27-30-18(2)31-37-27)28(34)36-25-10-9-21(26(29)33)16-24(25)32-11-13-35-14-12-32/h3-10,15-16H,11-14H2,1-2H3,(H2,29,33). The molecule has 0 bridgehead atoms. The lowest BCUT2D eigenvalue weighted by atomic mass is 9.97. The van der Waals surface area contributed by atoms with Crippen LogP contribution in [0.3, 0.4) is 0 Å². The van der Waals surface area contributed by atoms with Gasteiger partial charge in [-0.3, -0.25) is 4.79 Å². The number of ether oxygens (including phenoxy) is 2. The number of rotatable bonds is 6. The fourth-order valence-corrected chi connectivity index (χ4v) is 4.23. The predicted octanol–water partition coefficient (Wildman–Crippen LogP) is 4.18. The van der Waals surface area contributed by atoms with Gasteiger partial charge in [0, 0.05) is 24.2 Å². The number of carbonyl (C=O) groups is 2. The number of primary amides is 1. The summed E-state index contributed by atoms with van der Waals surface area (Å²) in [5.74, 6) is 0.341. The zero-order valence-corrected chi connectivity index (χ0v) is 20.6. The first-order valence-corrected chi connectivity index (χ1v) is 11.9. The van der Waals surface area contributed by atoms with E-state index in [2.05, 4.69) is 10.1 Å². The molecule has 0 saturated carbocycles. The zero-order valence-electron chi connectivity index (χ0n) is 20.6. The largest absolute Gasteiger partial charge is 0.421 e. The molecule has 1 aliphatic rings. The molecule has 188 valence electrons. The summed E-state index contributed by atoms with van der Waals surface area (Å²) in [7, 11) is 0. The molecule has 3 aromatic carbocycles. The number of hydrogen-bond acceptors (Lipinski definition) is 8. The van der Waals surface area contributed by atoms with E-state index >= 15 is 0 Å². The Morgan fingerprint density at radius 3 is 2.30 bits per heavy atom. The van der Waals surface area contributed by atoms with Gasteiger partial charge in [-0.25, -0.2) is 4.79 Å². The van der Waals surface area contributed by atoms with Gasteiger partial charge >= 0.3 is 5.97 Å². The SMILES string of the molecule is Cc1noc(-c2ccc(-c3cc(C(=O)Oc4ccc(C(N)=O)cc4N4CCOCC4)ccc3C)cc2)n1. The van der Waals surface area contributed by atoms with E-state index in [0.29, 0.717) is 60.6 Å². The van der Waals surface area contributed by atoms with Gasteiger partial charge in [0.1, 0.15) is 0 Å². The number of carbonyl (C=O) groups excluding carboxylic acids is 2. The van der Waals surface area contributed by atoms with Crippen LogP contribution in [0.2, 0.25) is 0 Å². The van der Waals surface area contributed by atoms with Gasteiger partial charge in [0.15, 0.2) is 11.6 Å². The molecule has 1 saturated heterocycles. The van der Waals surface area contributed by atoms with Crippen molar-refractivity contribution < 1.29 is 23.6 Å². The lowest BCUT2D eigenvalue weighted by molar-refractivity contribution is 0.0734. The summed E-state index contributed by atoms with van der Waals surface area (Å²) in [6, 6.07) is 18.0. The first kappa shape index (κ1) is 24.2. The second-order valence-electron chi connectivity index (χ2n) is 8.79. The van der Waals surface area contributed by atoms with Crippen LogP contribution in [-0.4, -0.2) is 48.3 Å². The van der Waals surface area contributed by atoms with Crippen molar-refractivity contribution in [3.63, 3.8) is 0 Å². The van der Waals surface area contributed by atoms with E-state index in [4.69, 9.17) is 19.7 Å². The van der Waals surface area contributed by atoms with Gasteiger partial charge in [0.2, 0.25) is 5.91 Å². The minimum atomic E-state index is -0.546. The molecule has 0 atom stereocenters. The molecule has 2 heterocycles. The molecular formula is C28H26N4O5. The Hall–Kier alpha value is -4.50. The Balaban J connectivity index is 1.41. The average Bonchev–Trinajstić information content (AvgIpc) is 3.36. The highest BCUT2D eigenvalue weighted by Gasteiger charge is 2.21. The van der Waals surface area contributed by atoms with E-state index in [1.54, 1.807) is 31.2 Å². The van der Waals surface area contributed by atoms with Gasteiger partial charge in [0.25, 0.3) is 5.89 Å². The number of hydrogen-bond donors (Lipinski definition) is 1. The van der Waals surface area contributed by atoms with E-state index < -0.39 is 11.9 Å². The summed E-state index contributed by atoms with van der Waals surface area (Å²) in [6.07, 6.45) is 0. The average molecular weight is 499 g/mol. The third kappa shape index (κ3) is 5.22. The van der Waals surface area contributed by atoms with Crippen LogP contribution in [0.25, 0.3) is 22.6 Å². The third-order valence-electron chi connectivity index (χ3n) is 6.24. The van der Waals surface area contributed by atoms with Gasteiger partial charge in [0.05, 0.1) is 24.5 Å². The fraction of sp³-hybridized carbons (Fsp3) is 0.214. The Morgan fingerprint density at radius 2 is 1.62 bits per heavy atom. The van der Waals surface area contributed by atoms with Gasteiger partial charge in [-0.2, -0.15) is 4.98 Å². The minimum absolute atomic E-state index is 0.345. The maximum atomic E-state index is 13.2. The number of amides is 1. The fourth-order valence-electron chi connectivity index (χ4n) is 4.23. The van der Waals surface area contributed by atoms with Crippen LogP contribution < -0.4 is 15.4 Å². The van der Waals surface area contributed by atoms with Gasteiger partial charge in [-0.15, -0.1) is 0 Å². The van der Waals surface area contributed by atoms with Crippen molar-refractivity contribution in [2.24, 2.45) is 5.73 Å². The van der Waals surface area contributed by atoms with Crippen molar-refractivity contribution in [2.45, 2.75) is 13.8 Å². The van der Waals surface area contributed by atoms with Crippen LogP contribution in [0.1, 0.15) is 32.1 Å².